The predicted molar refractivity (Wildman–Crippen MR) is 46.8 cm³/mol. The third-order valence-electron chi connectivity index (χ3n) is 1.56. The van der Waals surface area contributed by atoms with E-state index < -0.39 is 0 Å². The Morgan fingerprint density at radius 2 is 2.25 bits per heavy atom. The lowest BCUT2D eigenvalue weighted by Crippen LogP contribution is -1.76. The Hall–Kier alpha value is -1.35. The Kier molecular flexibility index (Phi) is 1.80. The molecule has 0 amide bonds. The number of aromatic nitrogens is 3. The van der Waals surface area contributed by atoms with Crippen molar-refractivity contribution in [2.75, 3.05) is 0 Å². The van der Waals surface area contributed by atoms with Crippen molar-refractivity contribution in [2.24, 2.45) is 0 Å². The van der Waals surface area contributed by atoms with E-state index >= 15 is 0 Å². The zero-order chi connectivity index (χ0) is 8.39. The molecule has 0 spiro atoms. The van der Waals surface area contributed by atoms with E-state index in [1.165, 1.54) is 0 Å². The van der Waals surface area contributed by atoms with Crippen LogP contribution in [0.5, 0.6) is 0 Å². The number of rotatable bonds is 1. The Labute approximate surface area is 74.4 Å². The Morgan fingerprint density at radius 1 is 1.33 bits per heavy atom. The molecule has 0 aliphatic heterocycles. The molecule has 2 heterocycles. The van der Waals surface area contributed by atoms with E-state index in [1.807, 2.05) is 12.3 Å². The maximum atomic E-state index is 5.72. The zero-order valence-electron chi connectivity index (χ0n) is 6.16. The predicted octanol–water partition coefficient (Wildman–Crippen LogP) is 2.13. The molecule has 2 rings (SSSR count). The van der Waals surface area contributed by atoms with Crippen LogP contribution in [0.2, 0.25) is 5.15 Å². The number of nitrogens with zero attached hydrogens (tertiary/aromatic N) is 2. The van der Waals surface area contributed by atoms with Gasteiger partial charge in [-0.2, -0.15) is 5.10 Å². The van der Waals surface area contributed by atoms with Crippen molar-refractivity contribution >= 4 is 11.6 Å². The summed E-state index contributed by atoms with van der Waals surface area (Å²) in [5, 5.41) is 7.07. The summed E-state index contributed by atoms with van der Waals surface area (Å²) >= 11 is 5.72. The largest absolute Gasteiger partial charge is 0.285 e. The maximum absolute atomic E-state index is 5.72. The van der Waals surface area contributed by atoms with Crippen molar-refractivity contribution in [2.45, 2.75) is 0 Å². The molecule has 0 aliphatic carbocycles. The van der Waals surface area contributed by atoms with Gasteiger partial charge < -0.3 is 0 Å². The molecule has 0 atom stereocenters. The molecular weight excluding hydrogens is 174 g/mol. The molecule has 0 aliphatic rings. The van der Waals surface area contributed by atoms with Crippen LogP contribution >= 0.6 is 11.6 Å². The van der Waals surface area contributed by atoms with E-state index in [0.29, 0.717) is 5.15 Å². The normalized spacial score (nSPS) is 10.1. The number of nitrogens with one attached hydrogen (secondary N) is 1. The third kappa shape index (κ3) is 1.31. The van der Waals surface area contributed by atoms with Crippen LogP contribution in [0.15, 0.2) is 30.7 Å². The summed E-state index contributed by atoms with van der Waals surface area (Å²) < 4.78 is 0. The fraction of sp³-hybridized carbons (Fsp3) is 0. The summed E-state index contributed by atoms with van der Waals surface area (Å²) in [6.07, 6.45) is 5.22. The molecule has 60 valence electrons. The topological polar surface area (TPSA) is 41.6 Å². The third-order valence-corrected chi connectivity index (χ3v) is 1.76. The van der Waals surface area contributed by atoms with Crippen molar-refractivity contribution in [3.05, 3.63) is 35.9 Å². The van der Waals surface area contributed by atoms with Crippen molar-refractivity contribution in [3.63, 3.8) is 0 Å². The highest BCUT2D eigenvalue weighted by Gasteiger charge is 1.98. The van der Waals surface area contributed by atoms with Crippen molar-refractivity contribution in [3.8, 4) is 11.1 Å². The Morgan fingerprint density at radius 3 is 2.92 bits per heavy atom. The average Bonchev–Trinajstić information content (AvgIpc) is 2.56. The van der Waals surface area contributed by atoms with Gasteiger partial charge in [0.2, 0.25) is 0 Å². The lowest BCUT2D eigenvalue weighted by atomic mass is 10.2. The highest BCUT2D eigenvalue weighted by molar-refractivity contribution is 6.29. The minimum atomic E-state index is 0.494. The van der Waals surface area contributed by atoms with Crippen LogP contribution in [0.1, 0.15) is 0 Å². The monoisotopic (exact) mass is 179 g/mol. The van der Waals surface area contributed by atoms with Crippen LogP contribution < -0.4 is 0 Å². The van der Waals surface area contributed by atoms with Gasteiger partial charge in [-0.05, 0) is 17.7 Å². The molecular formula is C8H6ClN3. The summed E-state index contributed by atoms with van der Waals surface area (Å²) in [5.41, 5.74) is 2.03. The second-order valence-corrected chi connectivity index (χ2v) is 2.74. The standard InChI is InChI=1S/C8H6ClN3/c9-8-3-6(1-2-10-8)7-4-11-12-5-7/h1-5H,(H,11,12). The first kappa shape index (κ1) is 7.31. The van der Waals surface area contributed by atoms with Crippen molar-refractivity contribution in [1.82, 2.24) is 15.2 Å². The fourth-order valence-corrected chi connectivity index (χ4v) is 1.16. The highest BCUT2D eigenvalue weighted by atomic mass is 35.5. The second kappa shape index (κ2) is 2.95. The molecule has 1 N–H and O–H groups in total. The van der Waals surface area contributed by atoms with E-state index in [-0.39, 0.29) is 0 Å². The lowest BCUT2D eigenvalue weighted by molar-refractivity contribution is 1.09. The average molecular weight is 180 g/mol. The molecule has 0 unspecified atom stereocenters. The first-order chi connectivity index (χ1) is 5.86. The number of aromatic amines is 1. The van der Waals surface area contributed by atoms with Gasteiger partial charge in [0.05, 0.1) is 6.20 Å². The lowest BCUT2D eigenvalue weighted by Gasteiger charge is -1.95. The van der Waals surface area contributed by atoms with Gasteiger partial charge in [0.25, 0.3) is 0 Å². The summed E-state index contributed by atoms with van der Waals surface area (Å²) in [6, 6.07) is 3.68. The van der Waals surface area contributed by atoms with Crippen LogP contribution in [0.25, 0.3) is 11.1 Å². The number of hydrogen-bond donors (Lipinski definition) is 1. The number of halogens is 1. The molecule has 0 radical (unpaired) electrons. The van der Waals surface area contributed by atoms with Crippen molar-refractivity contribution < 1.29 is 0 Å². The summed E-state index contributed by atoms with van der Waals surface area (Å²) in [6.45, 7) is 0. The highest BCUT2D eigenvalue weighted by Crippen LogP contribution is 2.18. The molecule has 12 heavy (non-hydrogen) atoms. The van der Waals surface area contributed by atoms with E-state index in [4.69, 9.17) is 11.6 Å². The summed E-state index contributed by atoms with van der Waals surface area (Å²) in [5.74, 6) is 0. The first-order valence-electron chi connectivity index (χ1n) is 3.47. The first-order valence-corrected chi connectivity index (χ1v) is 3.85. The number of H-pyrrole nitrogens is 1. The van der Waals surface area contributed by atoms with Gasteiger partial charge in [-0.15, -0.1) is 0 Å². The van der Waals surface area contributed by atoms with Gasteiger partial charge in [0.15, 0.2) is 0 Å². The van der Waals surface area contributed by atoms with Gasteiger partial charge in [-0.1, -0.05) is 11.6 Å². The molecule has 4 heteroatoms. The van der Waals surface area contributed by atoms with Crippen LogP contribution in [-0.4, -0.2) is 15.2 Å². The van der Waals surface area contributed by atoms with Crippen LogP contribution in [-0.2, 0) is 0 Å². The van der Waals surface area contributed by atoms with Gasteiger partial charge in [-0.25, -0.2) is 4.98 Å². The van der Waals surface area contributed by atoms with Crippen LogP contribution in [0, 0.1) is 0 Å². The van der Waals surface area contributed by atoms with E-state index in [9.17, 15) is 0 Å². The molecule has 2 aromatic heterocycles. The van der Waals surface area contributed by atoms with Gasteiger partial charge in [-0.3, -0.25) is 5.10 Å². The van der Waals surface area contributed by atoms with Crippen LogP contribution in [0.4, 0.5) is 0 Å². The minimum absolute atomic E-state index is 0.494. The molecule has 0 saturated carbocycles. The molecule has 0 aromatic carbocycles. The number of hydrogen-bond acceptors (Lipinski definition) is 2. The zero-order valence-corrected chi connectivity index (χ0v) is 6.92. The fourth-order valence-electron chi connectivity index (χ4n) is 0.991. The smallest absolute Gasteiger partial charge is 0.129 e. The van der Waals surface area contributed by atoms with E-state index in [1.54, 1.807) is 18.5 Å². The molecule has 0 fully saturated rings. The Bertz CT molecular complexity index is 370. The number of pyridine rings is 1. The van der Waals surface area contributed by atoms with E-state index in [0.717, 1.165) is 11.1 Å². The SMILES string of the molecule is Clc1cc(-c2cn[nH]c2)ccn1. The molecule has 0 bridgehead atoms. The van der Waals surface area contributed by atoms with Crippen LogP contribution in [0.3, 0.4) is 0 Å². The quantitative estimate of drug-likeness (QED) is 0.682. The summed E-state index contributed by atoms with van der Waals surface area (Å²) in [7, 11) is 0. The van der Waals surface area contributed by atoms with Gasteiger partial charge in [0.1, 0.15) is 5.15 Å². The van der Waals surface area contributed by atoms with Gasteiger partial charge >= 0.3 is 0 Å². The minimum Gasteiger partial charge on any atom is -0.285 e. The second-order valence-electron chi connectivity index (χ2n) is 2.35. The maximum Gasteiger partial charge on any atom is 0.129 e. The van der Waals surface area contributed by atoms with Crippen molar-refractivity contribution in [1.29, 1.82) is 0 Å². The summed E-state index contributed by atoms with van der Waals surface area (Å²) in [4.78, 5) is 3.88. The Balaban J connectivity index is 2.48. The van der Waals surface area contributed by atoms with E-state index in [2.05, 4.69) is 15.2 Å². The molecule has 3 nitrogen and oxygen atoms in total. The molecule has 2 aromatic rings. The van der Waals surface area contributed by atoms with Gasteiger partial charge in [0, 0.05) is 18.0 Å². The molecule has 0 saturated heterocycles.